The molecule has 0 aliphatic carbocycles. The second-order valence-corrected chi connectivity index (χ2v) is 8.39. The number of rotatable bonds is 9. The van der Waals surface area contributed by atoms with Crippen molar-refractivity contribution in [1.82, 2.24) is 24.8 Å². The summed E-state index contributed by atoms with van der Waals surface area (Å²) in [5.41, 5.74) is 2.46. The monoisotopic (exact) mass is 435 g/mol. The van der Waals surface area contributed by atoms with E-state index in [-0.39, 0.29) is 17.5 Å². The number of thioether (sulfide) groups is 1. The molecule has 0 bridgehead atoms. The average Bonchev–Trinajstić information content (AvgIpc) is 3.22. The van der Waals surface area contributed by atoms with E-state index in [1.807, 2.05) is 48.7 Å². The number of nitrogens with one attached hydrogen (secondary N) is 2. The molecule has 0 saturated heterocycles. The number of imidazole rings is 1. The molecule has 0 aliphatic heterocycles. The first-order valence-electron chi connectivity index (χ1n) is 10.3. The third kappa shape index (κ3) is 4.96. The lowest BCUT2D eigenvalue weighted by atomic mass is 10.2. The minimum absolute atomic E-state index is 0.0478. The minimum atomic E-state index is -0.169. The Hall–Kier alpha value is -3.13. The third-order valence-electron chi connectivity index (χ3n) is 5.22. The van der Waals surface area contributed by atoms with Crippen molar-refractivity contribution in [2.24, 2.45) is 0 Å². The molecule has 160 valence electrons. The lowest BCUT2D eigenvalue weighted by Crippen LogP contribution is -2.30. The van der Waals surface area contributed by atoms with Crippen LogP contribution in [0.3, 0.4) is 0 Å². The van der Waals surface area contributed by atoms with Crippen LogP contribution in [0, 0.1) is 0 Å². The zero-order valence-corrected chi connectivity index (χ0v) is 18.2. The number of aryl methyl sites for hydroxylation is 1. The molecule has 0 radical (unpaired) electrons. The Morgan fingerprint density at radius 3 is 2.74 bits per heavy atom. The highest BCUT2D eigenvalue weighted by Gasteiger charge is 2.18. The topological polar surface area (TPSA) is 92.7 Å². The summed E-state index contributed by atoms with van der Waals surface area (Å²) in [6.07, 6.45) is 5.28. The predicted octanol–water partition coefficient (Wildman–Crippen LogP) is 3.66. The van der Waals surface area contributed by atoms with Crippen LogP contribution in [0.25, 0.3) is 21.9 Å². The molecule has 8 heteroatoms. The SMILES string of the molecule is CSCC[C@H](NC(=O)CCCn1cnc2ccccc2c1=O)c1nc2ccccc2[nH]1. The maximum Gasteiger partial charge on any atom is 0.261 e. The lowest BCUT2D eigenvalue weighted by molar-refractivity contribution is -0.122. The van der Waals surface area contributed by atoms with Gasteiger partial charge in [0.2, 0.25) is 5.91 Å². The summed E-state index contributed by atoms with van der Waals surface area (Å²) >= 11 is 1.74. The van der Waals surface area contributed by atoms with Gasteiger partial charge in [-0.2, -0.15) is 11.8 Å². The summed E-state index contributed by atoms with van der Waals surface area (Å²) in [6, 6.07) is 15.0. The number of nitrogens with zero attached hydrogens (tertiary/aromatic N) is 3. The second-order valence-electron chi connectivity index (χ2n) is 7.40. The normalized spacial score (nSPS) is 12.3. The van der Waals surface area contributed by atoms with Crippen LogP contribution < -0.4 is 10.9 Å². The molecule has 1 amide bonds. The van der Waals surface area contributed by atoms with E-state index >= 15 is 0 Å². The maximum absolute atomic E-state index is 12.6. The van der Waals surface area contributed by atoms with E-state index < -0.39 is 0 Å². The van der Waals surface area contributed by atoms with Gasteiger partial charge in [-0.3, -0.25) is 14.2 Å². The van der Waals surface area contributed by atoms with Crippen molar-refractivity contribution in [2.45, 2.75) is 31.8 Å². The van der Waals surface area contributed by atoms with Crippen molar-refractivity contribution < 1.29 is 4.79 Å². The van der Waals surface area contributed by atoms with Gasteiger partial charge in [-0.1, -0.05) is 24.3 Å². The van der Waals surface area contributed by atoms with E-state index in [1.165, 1.54) is 0 Å². The Labute approximate surface area is 184 Å². The molecule has 2 heterocycles. The number of hydrogen-bond donors (Lipinski definition) is 2. The third-order valence-corrected chi connectivity index (χ3v) is 5.86. The van der Waals surface area contributed by atoms with Gasteiger partial charge in [-0.05, 0) is 49.1 Å². The summed E-state index contributed by atoms with van der Waals surface area (Å²) in [6.45, 7) is 0.449. The number of fused-ring (bicyclic) bond motifs is 2. The molecule has 1 atom stereocenters. The lowest BCUT2D eigenvalue weighted by Gasteiger charge is -2.16. The molecule has 0 aliphatic rings. The highest BCUT2D eigenvalue weighted by molar-refractivity contribution is 7.98. The van der Waals surface area contributed by atoms with Gasteiger partial charge in [0.05, 0.1) is 34.3 Å². The smallest absolute Gasteiger partial charge is 0.261 e. The summed E-state index contributed by atoms with van der Waals surface area (Å²) < 4.78 is 1.57. The van der Waals surface area contributed by atoms with Gasteiger partial charge in [0.15, 0.2) is 0 Å². The van der Waals surface area contributed by atoms with Crippen molar-refractivity contribution in [3.05, 3.63) is 71.0 Å². The number of aromatic nitrogens is 4. The first-order valence-corrected chi connectivity index (χ1v) is 11.7. The van der Waals surface area contributed by atoms with Crippen molar-refractivity contribution in [3.8, 4) is 0 Å². The Morgan fingerprint density at radius 1 is 1.16 bits per heavy atom. The van der Waals surface area contributed by atoms with Crippen LogP contribution in [-0.4, -0.2) is 37.4 Å². The van der Waals surface area contributed by atoms with E-state index in [4.69, 9.17) is 0 Å². The van der Waals surface area contributed by atoms with E-state index in [0.29, 0.717) is 30.3 Å². The molecule has 7 nitrogen and oxygen atoms in total. The van der Waals surface area contributed by atoms with E-state index in [9.17, 15) is 9.59 Å². The molecule has 2 aromatic heterocycles. The second kappa shape index (κ2) is 9.78. The number of benzene rings is 2. The highest BCUT2D eigenvalue weighted by Crippen LogP contribution is 2.20. The number of carbonyl (C=O) groups is 1. The number of carbonyl (C=O) groups excluding carboxylic acids is 1. The van der Waals surface area contributed by atoms with Gasteiger partial charge < -0.3 is 10.3 Å². The van der Waals surface area contributed by atoms with Crippen molar-refractivity contribution in [3.63, 3.8) is 0 Å². The van der Waals surface area contributed by atoms with Gasteiger partial charge in [0, 0.05) is 13.0 Å². The summed E-state index contributed by atoms with van der Waals surface area (Å²) in [4.78, 5) is 37.5. The summed E-state index contributed by atoms with van der Waals surface area (Å²) in [7, 11) is 0. The van der Waals surface area contributed by atoms with Gasteiger partial charge in [-0.15, -0.1) is 0 Å². The minimum Gasteiger partial charge on any atom is -0.346 e. The van der Waals surface area contributed by atoms with Gasteiger partial charge in [0.1, 0.15) is 5.82 Å². The van der Waals surface area contributed by atoms with Crippen molar-refractivity contribution >= 4 is 39.6 Å². The first kappa shape index (κ1) is 21.1. The molecule has 2 aromatic carbocycles. The number of H-pyrrole nitrogens is 1. The van der Waals surface area contributed by atoms with Gasteiger partial charge in [0.25, 0.3) is 5.56 Å². The Bertz CT molecular complexity index is 1220. The summed E-state index contributed by atoms with van der Waals surface area (Å²) in [5.74, 6) is 1.65. The van der Waals surface area contributed by atoms with Crippen LogP contribution in [0.5, 0.6) is 0 Å². The molecule has 31 heavy (non-hydrogen) atoms. The molecule has 0 unspecified atom stereocenters. The molecule has 2 N–H and O–H groups in total. The highest BCUT2D eigenvalue weighted by atomic mass is 32.2. The molecular weight excluding hydrogens is 410 g/mol. The van der Waals surface area contributed by atoms with Crippen LogP contribution in [0.15, 0.2) is 59.7 Å². The fourth-order valence-electron chi connectivity index (χ4n) is 3.59. The van der Waals surface area contributed by atoms with Crippen LogP contribution in [-0.2, 0) is 11.3 Å². The van der Waals surface area contributed by atoms with Crippen LogP contribution in [0.1, 0.15) is 31.1 Å². The number of amides is 1. The molecule has 0 fully saturated rings. The van der Waals surface area contributed by atoms with Crippen LogP contribution in [0.4, 0.5) is 0 Å². The Morgan fingerprint density at radius 2 is 1.94 bits per heavy atom. The van der Waals surface area contributed by atoms with E-state index in [1.54, 1.807) is 28.7 Å². The maximum atomic E-state index is 12.6. The fraction of sp³-hybridized carbons (Fsp3) is 0.304. The van der Waals surface area contributed by atoms with E-state index in [2.05, 4.69) is 20.3 Å². The first-order chi connectivity index (χ1) is 15.2. The molecule has 4 aromatic rings. The van der Waals surface area contributed by atoms with Crippen LogP contribution >= 0.6 is 11.8 Å². The van der Waals surface area contributed by atoms with Crippen molar-refractivity contribution in [2.75, 3.05) is 12.0 Å². The average molecular weight is 436 g/mol. The molecule has 4 rings (SSSR count). The summed E-state index contributed by atoms with van der Waals surface area (Å²) in [5, 5.41) is 3.70. The number of hydrogen-bond acceptors (Lipinski definition) is 5. The van der Waals surface area contributed by atoms with E-state index in [0.717, 1.165) is 29.0 Å². The number of aromatic amines is 1. The Balaban J connectivity index is 1.39. The molecular formula is C23H25N5O2S. The predicted molar refractivity (Wildman–Crippen MR) is 125 cm³/mol. The molecule has 0 saturated carbocycles. The van der Waals surface area contributed by atoms with Crippen LogP contribution in [0.2, 0.25) is 0 Å². The van der Waals surface area contributed by atoms with Crippen molar-refractivity contribution in [1.29, 1.82) is 0 Å². The zero-order valence-electron chi connectivity index (χ0n) is 17.4. The molecule has 0 spiro atoms. The largest absolute Gasteiger partial charge is 0.346 e. The quantitative estimate of drug-likeness (QED) is 0.419. The Kier molecular flexibility index (Phi) is 6.66. The van der Waals surface area contributed by atoms with Gasteiger partial charge in [-0.25, -0.2) is 9.97 Å². The van der Waals surface area contributed by atoms with Gasteiger partial charge >= 0.3 is 0 Å². The number of para-hydroxylation sites is 3. The zero-order chi connectivity index (χ0) is 21.6. The fourth-order valence-corrected chi connectivity index (χ4v) is 4.06. The standard InChI is InChI=1S/C23H25N5O2S/c1-31-14-12-20(22-26-18-9-4-5-10-19(18)27-22)25-21(29)11-6-13-28-15-24-17-8-3-2-7-16(17)23(28)30/h2-5,7-10,15,20H,6,11-14H2,1H3,(H,25,29)(H,26,27)/t20-/m0/s1.